The van der Waals surface area contributed by atoms with Gasteiger partial charge >= 0.3 is 0 Å². The predicted octanol–water partition coefficient (Wildman–Crippen LogP) is 1.13. The minimum atomic E-state index is 0.558. The zero-order chi connectivity index (χ0) is 11.4. The van der Waals surface area contributed by atoms with Crippen LogP contribution >= 0.6 is 0 Å². The van der Waals surface area contributed by atoms with Gasteiger partial charge in [-0.25, -0.2) is 4.98 Å². The molecule has 0 amide bonds. The Hall–Kier alpha value is -2.11. The molecule has 2 aromatic rings. The van der Waals surface area contributed by atoms with E-state index in [0.717, 1.165) is 11.4 Å². The molecule has 0 saturated heterocycles. The molecule has 0 aliphatic heterocycles. The van der Waals surface area contributed by atoms with Gasteiger partial charge in [0.25, 0.3) is 0 Å². The van der Waals surface area contributed by atoms with Crippen LogP contribution in [0.15, 0.2) is 18.5 Å². The highest BCUT2D eigenvalue weighted by Crippen LogP contribution is 2.13. The van der Waals surface area contributed by atoms with Gasteiger partial charge in [0.15, 0.2) is 0 Å². The SMILES string of the molecule is COc1cc(NCc2cn[nH]c2)nc(C)n1. The van der Waals surface area contributed by atoms with E-state index in [9.17, 15) is 0 Å². The van der Waals surface area contributed by atoms with Crippen LogP contribution in [-0.2, 0) is 6.54 Å². The largest absolute Gasteiger partial charge is 0.481 e. The van der Waals surface area contributed by atoms with E-state index in [-0.39, 0.29) is 0 Å². The number of aromatic amines is 1. The monoisotopic (exact) mass is 219 g/mol. The molecule has 0 aliphatic rings. The summed E-state index contributed by atoms with van der Waals surface area (Å²) in [6, 6.07) is 1.76. The molecule has 0 fully saturated rings. The van der Waals surface area contributed by atoms with Gasteiger partial charge < -0.3 is 10.1 Å². The highest BCUT2D eigenvalue weighted by atomic mass is 16.5. The van der Waals surface area contributed by atoms with Crippen molar-refractivity contribution in [2.24, 2.45) is 0 Å². The van der Waals surface area contributed by atoms with Gasteiger partial charge in [-0.1, -0.05) is 0 Å². The molecule has 16 heavy (non-hydrogen) atoms. The number of H-pyrrole nitrogens is 1. The van der Waals surface area contributed by atoms with Crippen molar-refractivity contribution in [3.8, 4) is 5.88 Å². The molecule has 6 heteroatoms. The van der Waals surface area contributed by atoms with E-state index in [1.54, 1.807) is 19.4 Å². The molecule has 2 rings (SSSR count). The fourth-order valence-corrected chi connectivity index (χ4v) is 1.30. The first-order valence-corrected chi connectivity index (χ1v) is 4.89. The van der Waals surface area contributed by atoms with Gasteiger partial charge in [-0.2, -0.15) is 10.1 Å². The third-order valence-corrected chi connectivity index (χ3v) is 2.05. The normalized spacial score (nSPS) is 10.1. The molecule has 0 atom stereocenters. The zero-order valence-corrected chi connectivity index (χ0v) is 9.19. The van der Waals surface area contributed by atoms with E-state index in [1.807, 2.05) is 13.1 Å². The lowest BCUT2D eigenvalue weighted by Crippen LogP contribution is -2.03. The van der Waals surface area contributed by atoms with Crippen molar-refractivity contribution in [1.29, 1.82) is 0 Å². The Morgan fingerprint density at radius 1 is 1.44 bits per heavy atom. The second kappa shape index (κ2) is 4.61. The van der Waals surface area contributed by atoms with Crippen LogP contribution in [0.1, 0.15) is 11.4 Å². The standard InChI is InChI=1S/C10H13N5O/c1-7-14-9(3-10(15-7)16-2)11-4-8-5-12-13-6-8/h3,5-6H,4H2,1-2H3,(H,12,13)(H,11,14,15). The number of anilines is 1. The second-order valence-corrected chi connectivity index (χ2v) is 3.30. The number of methoxy groups -OCH3 is 1. The predicted molar refractivity (Wildman–Crippen MR) is 59.2 cm³/mol. The molecule has 2 aromatic heterocycles. The Morgan fingerprint density at radius 2 is 2.31 bits per heavy atom. The highest BCUT2D eigenvalue weighted by Gasteiger charge is 2.01. The first kappa shape index (κ1) is 10.4. The number of rotatable bonds is 4. The summed E-state index contributed by atoms with van der Waals surface area (Å²) >= 11 is 0. The zero-order valence-electron chi connectivity index (χ0n) is 9.19. The van der Waals surface area contributed by atoms with Crippen LogP contribution in [0.3, 0.4) is 0 Å². The van der Waals surface area contributed by atoms with Crippen molar-refractivity contribution >= 4 is 5.82 Å². The van der Waals surface area contributed by atoms with E-state index in [1.165, 1.54) is 0 Å². The molecule has 0 bridgehead atoms. The Bertz CT molecular complexity index is 454. The van der Waals surface area contributed by atoms with Crippen LogP contribution in [0.4, 0.5) is 5.82 Å². The number of ether oxygens (including phenoxy) is 1. The maximum atomic E-state index is 5.06. The van der Waals surface area contributed by atoms with Crippen LogP contribution in [0.5, 0.6) is 5.88 Å². The molecule has 6 nitrogen and oxygen atoms in total. The summed E-state index contributed by atoms with van der Waals surface area (Å²) in [5, 5.41) is 9.79. The Morgan fingerprint density at radius 3 is 3.00 bits per heavy atom. The molecule has 0 radical (unpaired) electrons. The Balaban J connectivity index is 2.06. The van der Waals surface area contributed by atoms with Crippen LogP contribution in [0.25, 0.3) is 0 Å². The van der Waals surface area contributed by atoms with Gasteiger partial charge in [0, 0.05) is 24.4 Å². The molecule has 2 N–H and O–H groups in total. The minimum Gasteiger partial charge on any atom is -0.481 e. The molecule has 0 unspecified atom stereocenters. The molecular weight excluding hydrogens is 206 g/mol. The van der Waals surface area contributed by atoms with Crippen molar-refractivity contribution in [3.05, 3.63) is 29.8 Å². The Kier molecular flexibility index (Phi) is 3.00. The number of hydrogen-bond acceptors (Lipinski definition) is 5. The van der Waals surface area contributed by atoms with Crippen LogP contribution in [0.2, 0.25) is 0 Å². The molecule has 0 spiro atoms. The lowest BCUT2D eigenvalue weighted by atomic mass is 10.3. The van der Waals surface area contributed by atoms with Gasteiger partial charge in [-0.3, -0.25) is 5.10 Å². The van der Waals surface area contributed by atoms with Crippen molar-refractivity contribution in [3.63, 3.8) is 0 Å². The van der Waals surface area contributed by atoms with Gasteiger partial charge in [0.2, 0.25) is 5.88 Å². The van der Waals surface area contributed by atoms with Crippen molar-refractivity contribution in [2.75, 3.05) is 12.4 Å². The molecule has 0 aliphatic carbocycles. The summed E-state index contributed by atoms with van der Waals surface area (Å²) in [6.07, 6.45) is 3.59. The molecular formula is C10H13N5O. The van der Waals surface area contributed by atoms with E-state index >= 15 is 0 Å². The summed E-state index contributed by atoms with van der Waals surface area (Å²) in [7, 11) is 1.58. The lowest BCUT2D eigenvalue weighted by molar-refractivity contribution is 0.396. The van der Waals surface area contributed by atoms with Gasteiger partial charge in [0.05, 0.1) is 13.3 Å². The number of nitrogens with zero attached hydrogens (tertiary/aromatic N) is 3. The number of aromatic nitrogens is 4. The van der Waals surface area contributed by atoms with Crippen molar-refractivity contribution in [1.82, 2.24) is 20.2 Å². The van der Waals surface area contributed by atoms with E-state index in [2.05, 4.69) is 25.5 Å². The third kappa shape index (κ3) is 2.47. The highest BCUT2D eigenvalue weighted by molar-refractivity contribution is 5.38. The lowest BCUT2D eigenvalue weighted by Gasteiger charge is -2.06. The summed E-state index contributed by atoms with van der Waals surface area (Å²) in [5.41, 5.74) is 1.07. The van der Waals surface area contributed by atoms with Crippen LogP contribution in [-0.4, -0.2) is 27.3 Å². The quantitative estimate of drug-likeness (QED) is 0.806. The number of aryl methyl sites for hydroxylation is 1. The van der Waals surface area contributed by atoms with Crippen molar-refractivity contribution in [2.45, 2.75) is 13.5 Å². The van der Waals surface area contributed by atoms with Crippen LogP contribution in [0, 0.1) is 6.92 Å². The van der Waals surface area contributed by atoms with Gasteiger partial charge in [-0.15, -0.1) is 0 Å². The average molecular weight is 219 g/mol. The molecule has 84 valence electrons. The van der Waals surface area contributed by atoms with E-state index in [4.69, 9.17) is 4.74 Å². The van der Waals surface area contributed by atoms with Gasteiger partial charge in [0.1, 0.15) is 11.6 Å². The fraction of sp³-hybridized carbons (Fsp3) is 0.300. The molecule has 0 aromatic carbocycles. The maximum Gasteiger partial charge on any atom is 0.218 e. The first-order valence-electron chi connectivity index (χ1n) is 4.89. The van der Waals surface area contributed by atoms with E-state index in [0.29, 0.717) is 18.2 Å². The summed E-state index contributed by atoms with van der Waals surface area (Å²) in [5.74, 6) is 1.97. The molecule has 0 saturated carbocycles. The van der Waals surface area contributed by atoms with Crippen LogP contribution < -0.4 is 10.1 Å². The Labute approximate surface area is 93.1 Å². The topological polar surface area (TPSA) is 75.7 Å². The third-order valence-electron chi connectivity index (χ3n) is 2.05. The van der Waals surface area contributed by atoms with Gasteiger partial charge in [-0.05, 0) is 6.92 Å². The fourth-order valence-electron chi connectivity index (χ4n) is 1.30. The first-order chi connectivity index (χ1) is 7.78. The smallest absolute Gasteiger partial charge is 0.218 e. The minimum absolute atomic E-state index is 0.558. The van der Waals surface area contributed by atoms with Crippen molar-refractivity contribution < 1.29 is 4.74 Å². The summed E-state index contributed by atoms with van der Waals surface area (Å²) in [6.45, 7) is 2.49. The maximum absolute atomic E-state index is 5.06. The molecule has 2 heterocycles. The number of nitrogens with one attached hydrogen (secondary N) is 2. The van der Waals surface area contributed by atoms with E-state index < -0.39 is 0 Å². The summed E-state index contributed by atoms with van der Waals surface area (Å²) < 4.78 is 5.06. The number of hydrogen-bond donors (Lipinski definition) is 2. The second-order valence-electron chi connectivity index (χ2n) is 3.30. The summed E-state index contributed by atoms with van der Waals surface area (Å²) in [4.78, 5) is 8.35. The average Bonchev–Trinajstić information content (AvgIpc) is 2.78.